The van der Waals surface area contributed by atoms with Crippen molar-refractivity contribution < 1.29 is 5.11 Å². The Morgan fingerprint density at radius 3 is 2.62 bits per heavy atom. The predicted molar refractivity (Wildman–Crippen MR) is 29.0 cm³/mol. The number of hydrogen-bond donors (Lipinski definition) is 0. The molecule has 0 fully saturated rings. The summed E-state index contributed by atoms with van der Waals surface area (Å²) in [7, 11) is 1.46. The maximum Gasteiger partial charge on any atom is 0.306 e. The van der Waals surface area contributed by atoms with E-state index in [-0.39, 0.29) is 10.8 Å². The molecule has 0 bridgehead atoms. The monoisotopic (exact) mass is 130 g/mol. The number of nitrogens with zero attached hydrogens (tertiary/aromatic N) is 1. The highest BCUT2D eigenvalue weighted by atomic mass is 32.1. The molecular weight excluding hydrogens is 126 g/mol. The molecule has 3 nitrogen and oxygen atoms in total. The molecule has 0 spiro atoms. The van der Waals surface area contributed by atoms with Crippen molar-refractivity contribution in [3.8, 4) is 5.88 Å². The van der Waals surface area contributed by atoms with E-state index in [9.17, 15) is 9.90 Å². The smallest absolute Gasteiger partial charge is 0.306 e. The van der Waals surface area contributed by atoms with Crippen molar-refractivity contribution >= 4 is 11.3 Å². The third-order valence-corrected chi connectivity index (χ3v) is 1.66. The Hall–Kier alpha value is -0.770. The van der Waals surface area contributed by atoms with Gasteiger partial charge in [0.15, 0.2) is 0 Å². The van der Waals surface area contributed by atoms with Gasteiger partial charge >= 0.3 is 4.87 Å². The first-order valence-corrected chi connectivity index (χ1v) is 2.91. The van der Waals surface area contributed by atoms with Crippen LogP contribution in [0.25, 0.3) is 0 Å². The van der Waals surface area contributed by atoms with E-state index in [1.54, 1.807) is 0 Å². The van der Waals surface area contributed by atoms with Gasteiger partial charge in [0, 0.05) is 12.4 Å². The normalized spacial score (nSPS) is 9.62. The van der Waals surface area contributed by atoms with Crippen LogP contribution >= 0.6 is 11.3 Å². The second-order valence-corrected chi connectivity index (χ2v) is 2.22. The molecule has 0 amide bonds. The average Bonchev–Trinajstić information content (AvgIpc) is 1.98. The second-order valence-electron chi connectivity index (χ2n) is 1.40. The molecule has 1 aromatic heterocycles. The molecule has 0 saturated carbocycles. The van der Waals surface area contributed by atoms with Crippen LogP contribution in [0.5, 0.6) is 5.88 Å². The Kier molecular flexibility index (Phi) is 1.09. The summed E-state index contributed by atoms with van der Waals surface area (Å²) in [5, 5.41) is 11.7. The third-order valence-electron chi connectivity index (χ3n) is 0.865. The van der Waals surface area contributed by atoms with Crippen LogP contribution in [-0.4, -0.2) is 4.57 Å². The summed E-state index contributed by atoms with van der Waals surface area (Å²) in [5.41, 5.74) is 0. The van der Waals surface area contributed by atoms with E-state index in [0.717, 1.165) is 15.9 Å². The maximum absolute atomic E-state index is 10.4. The van der Waals surface area contributed by atoms with Gasteiger partial charge in [0.25, 0.3) is 0 Å². The molecule has 0 saturated heterocycles. The van der Waals surface area contributed by atoms with Crippen molar-refractivity contribution in [1.29, 1.82) is 0 Å². The van der Waals surface area contributed by atoms with Gasteiger partial charge in [-0.3, -0.25) is 4.79 Å². The molecule has 0 aliphatic carbocycles. The Labute approximate surface area is 49.8 Å². The molecule has 4 heteroatoms. The summed E-state index contributed by atoms with van der Waals surface area (Å²) in [6.45, 7) is 0. The molecule has 0 N–H and O–H groups in total. The standard InChI is InChI=1S/C4H5NO2S/c1-5-3(6)2-8-4(5)7/h2,6H,1H3/p-1. The van der Waals surface area contributed by atoms with Crippen molar-refractivity contribution in [1.82, 2.24) is 4.57 Å². The van der Waals surface area contributed by atoms with E-state index in [4.69, 9.17) is 0 Å². The number of thiazole rings is 1. The highest BCUT2D eigenvalue weighted by Crippen LogP contribution is 2.00. The fourth-order valence-electron chi connectivity index (χ4n) is 0.349. The van der Waals surface area contributed by atoms with E-state index in [2.05, 4.69) is 0 Å². The van der Waals surface area contributed by atoms with E-state index >= 15 is 0 Å². The Balaban J connectivity index is 3.41. The lowest BCUT2D eigenvalue weighted by atomic mass is 10.8. The quantitative estimate of drug-likeness (QED) is 0.476. The van der Waals surface area contributed by atoms with Gasteiger partial charge in [-0.2, -0.15) is 0 Å². The van der Waals surface area contributed by atoms with Gasteiger partial charge in [-0.1, -0.05) is 11.3 Å². The summed E-state index contributed by atoms with van der Waals surface area (Å²) in [6, 6.07) is 0. The minimum absolute atomic E-state index is 0.199. The molecule has 0 radical (unpaired) electrons. The molecule has 44 valence electrons. The zero-order chi connectivity index (χ0) is 6.15. The zero-order valence-corrected chi connectivity index (χ0v) is 5.07. The molecule has 1 heterocycles. The molecule has 0 aliphatic rings. The van der Waals surface area contributed by atoms with Crippen LogP contribution in [-0.2, 0) is 7.05 Å². The van der Waals surface area contributed by atoms with Gasteiger partial charge in [0.05, 0.1) is 0 Å². The molecule has 0 atom stereocenters. The first kappa shape index (κ1) is 5.37. The lowest BCUT2D eigenvalue weighted by molar-refractivity contribution is -0.278. The molecular formula is C4H4NO2S-. The van der Waals surface area contributed by atoms with Crippen LogP contribution < -0.4 is 9.98 Å². The van der Waals surface area contributed by atoms with Crippen LogP contribution in [0.15, 0.2) is 10.2 Å². The molecule has 0 aromatic carbocycles. The van der Waals surface area contributed by atoms with Crippen molar-refractivity contribution in [3.05, 3.63) is 15.0 Å². The molecule has 8 heavy (non-hydrogen) atoms. The van der Waals surface area contributed by atoms with Crippen molar-refractivity contribution in [2.45, 2.75) is 0 Å². The minimum Gasteiger partial charge on any atom is -0.859 e. The second kappa shape index (κ2) is 1.63. The van der Waals surface area contributed by atoms with Gasteiger partial charge in [-0.05, 0) is 5.88 Å². The molecule has 1 aromatic rings. The highest BCUT2D eigenvalue weighted by molar-refractivity contribution is 7.07. The molecule has 0 unspecified atom stereocenters. The fraction of sp³-hybridized carbons (Fsp3) is 0.250. The predicted octanol–water partition coefficient (Wildman–Crippen LogP) is -0.480. The van der Waals surface area contributed by atoms with Crippen LogP contribution in [0.3, 0.4) is 0 Å². The maximum atomic E-state index is 10.4. The SMILES string of the molecule is Cn1c([O-])csc1=O. The fourth-order valence-corrected chi connectivity index (χ4v) is 0.957. The van der Waals surface area contributed by atoms with Crippen LogP contribution in [0.1, 0.15) is 0 Å². The first-order valence-electron chi connectivity index (χ1n) is 2.03. The summed E-state index contributed by atoms with van der Waals surface area (Å²) in [5.74, 6) is -0.222. The molecule has 1 rings (SSSR count). The summed E-state index contributed by atoms with van der Waals surface area (Å²) in [6.07, 6.45) is 0. The minimum atomic E-state index is -0.222. The van der Waals surface area contributed by atoms with Crippen molar-refractivity contribution in [2.75, 3.05) is 0 Å². The summed E-state index contributed by atoms with van der Waals surface area (Å²) < 4.78 is 1.07. The lowest BCUT2D eigenvalue weighted by Crippen LogP contribution is -2.10. The largest absolute Gasteiger partial charge is 0.859 e. The van der Waals surface area contributed by atoms with E-state index in [0.29, 0.717) is 0 Å². The highest BCUT2D eigenvalue weighted by Gasteiger charge is 1.87. The lowest BCUT2D eigenvalue weighted by Gasteiger charge is -2.00. The molecule has 0 aliphatic heterocycles. The van der Waals surface area contributed by atoms with E-state index in [1.165, 1.54) is 12.4 Å². The number of rotatable bonds is 0. The topological polar surface area (TPSA) is 45.1 Å². The summed E-state index contributed by atoms with van der Waals surface area (Å²) >= 11 is 0.926. The van der Waals surface area contributed by atoms with Gasteiger partial charge < -0.3 is 9.67 Å². The van der Waals surface area contributed by atoms with Crippen LogP contribution in [0, 0.1) is 0 Å². The van der Waals surface area contributed by atoms with Gasteiger partial charge in [0.2, 0.25) is 0 Å². The first-order chi connectivity index (χ1) is 3.72. The van der Waals surface area contributed by atoms with Crippen LogP contribution in [0.2, 0.25) is 0 Å². The summed E-state index contributed by atoms with van der Waals surface area (Å²) in [4.78, 5) is 10.2. The van der Waals surface area contributed by atoms with Crippen LogP contribution in [0.4, 0.5) is 0 Å². The van der Waals surface area contributed by atoms with Crippen molar-refractivity contribution in [2.24, 2.45) is 7.05 Å². The Morgan fingerprint density at radius 1 is 1.88 bits per heavy atom. The Bertz CT molecular complexity index is 236. The average molecular weight is 130 g/mol. The zero-order valence-electron chi connectivity index (χ0n) is 4.25. The van der Waals surface area contributed by atoms with Crippen molar-refractivity contribution in [3.63, 3.8) is 0 Å². The number of aromatic nitrogens is 1. The van der Waals surface area contributed by atoms with Gasteiger partial charge in [-0.25, -0.2) is 0 Å². The van der Waals surface area contributed by atoms with E-state index in [1.807, 2.05) is 0 Å². The van der Waals surface area contributed by atoms with Gasteiger partial charge in [0.1, 0.15) is 0 Å². The van der Waals surface area contributed by atoms with E-state index < -0.39 is 0 Å². The Morgan fingerprint density at radius 2 is 2.50 bits per heavy atom. The van der Waals surface area contributed by atoms with Gasteiger partial charge in [-0.15, -0.1) is 0 Å². The number of hydrogen-bond acceptors (Lipinski definition) is 3. The third kappa shape index (κ3) is 0.626.